The lowest BCUT2D eigenvalue weighted by Crippen LogP contribution is -2.43. The first-order valence-corrected chi connectivity index (χ1v) is 12.4. The molecule has 2 aromatic carbocycles. The Morgan fingerprint density at radius 1 is 1.06 bits per heavy atom. The number of hydrogen-bond donors (Lipinski definition) is 2. The second kappa shape index (κ2) is 12.4. The van der Waals surface area contributed by atoms with Crippen molar-refractivity contribution >= 4 is 0 Å². The molecule has 3 atom stereocenters. The molecule has 3 nitrogen and oxygen atoms in total. The van der Waals surface area contributed by atoms with E-state index in [2.05, 4.69) is 91.8 Å². The smallest absolute Gasteiger partial charge is 0.0458 e. The highest BCUT2D eigenvalue weighted by atomic mass is 15.2. The van der Waals surface area contributed by atoms with Crippen LogP contribution >= 0.6 is 0 Å². The van der Waals surface area contributed by atoms with Crippen LogP contribution in [-0.4, -0.2) is 30.7 Å². The SMILES string of the molecule is CCc1ccc(C(C)NCNCCC2CCC(CC)N(Cc3ccccc3)C2)cc1C. The van der Waals surface area contributed by atoms with Crippen molar-refractivity contribution in [3.63, 3.8) is 0 Å². The molecule has 0 saturated carbocycles. The van der Waals surface area contributed by atoms with E-state index in [0.717, 1.165) is 38.1 Å². The summed E-state index contributed by atoms with van der Waals surface area (Å²) in [6, 6.07) is 19.0. The zero-order valence-electron chi connectivity index (χ0n) is 20.2. The van der Waals surface area contributed by atoms with Crippen molar-refractivity contribution in [1.29, 1.82) is 0 Å². The van der Waals surface area contributed by atoms with Crippen molar-refractivity contribution in [3.8, 4) is 0 Å². The predicted octanol–water partition coefficient (Wildman–Crippen LogP) is 5.84. The Balaban J connectivity index is 1.38. The minimum atomic E-state index is 0.374. The standard InChI is InChI=1S/C28H43N3/c1-5-26-13-14-27(18-22(26)3)23(4)30-21-29-17-16-25-12-15-28(6-2)31(20-25)19-24-10-8-7-9-11-24/h7-11,13-14,18,23,25,28-30H,5-6,12,15-17,19-21H2,1-4H3. The molecule has 31 heavy (non-hydrogen) atoms. The molecule has 0 aromatic heterocycles. The van der Waals surface area contributed by atoms with Crippen LogP contribution in [0.4, 0.5) is 0 Å². The minimum Gasteiger partial charge on any atom is -0.304 e. The summed E-state index contributed by atoms with van der Waals surface area (Å²) in [6.07, 6.45) is 6.35. The first-order valence-electron chi connectivity index (χ1n) is 12.4. The Bertz CT molecular complexity index is 773. The molecule has 0 aliphatic carbocycles. The fourth-order valence-electron chi connectivity index (χ4n) is 5.01. The van der Waals surface area contributed by atoms with E-state index >= 15 is 0 Å². The first kappa shape index (κ1) is 24.0. The third-order valence-corrected chi connectivity index (χ3v) is 7.13. The maximum atomic E-state index is 3.64. The van der Waals surface area contributed by atoms with Gasteiger partial charge in [-0.05, 0) is 80.7 Å². The van der Waals surface area contributed by atoms with Crippen LogP contribution in [0.3, 0.4) is 0 Å². The zero-order valence-corrected chi connectivity index (χ0v) is 20.2. The van der Waals surface area contributed by atoms with Gasteiger partial charge in [0.25, 0.3) is 0 Å². The molecule has 1 heterocycles. The normalized spacial score (nSPS) is 20.6. The van der Waals surface area contributed by atoms with Gasteiger partial charge in [-0.15, -0.1) is 0 Å². The van der Waals surface area contributed by atoms with Gasteiger partial charge in [-0.3, -0.25) is 10.2 Å². The molecule has 3 rings (SSSR count). The molecule has 0 amide bonds. The van der Waals surface area contributed by atoms with E-state index < -0.39 is 0 Å². The molecule has 1 fully saturated rings. The molecule has 2 aromatic rings. The van der Waals surface area contributed by atoms with Gasteiger partial charge >= 0.3 is 0 Å². The Kier molecular flexibility index (Phi) is 9.57. The molecule has 3 heteroatoms. The number of piperidine rings is 1. The van der Waals surface area contributed by atoms with Crippen LogP contribution in [0, 0.1) is 12.8 Å². The summed E-state index contributed by atoms with van der Waals surface area (Å²) < 4.78 is 0. The molecule has 3 unspecified atom stereocenters. The number of aryl methyl sites for hydroxylation is 2. The minimum absolute atomic E-state index is 0.374. The van der Waals surface area contributed by atoms with Crippen LogP contribution in [0.2, 0.25) is 0 Å². The largest absolute Gasteiger partial charge is 0.304 e. The Morgan fingerprint density at radius 2 is 1.87 bits per heavy atom. The van der Waals surface area contributed by atoms with Gasteiger partial charge in [-0.2, -0.15) is 0 Å². The van der Waals surface area contributed by atoms with Crippen LogP contribution in [0.15, 0.2) is 48.5 Å². The summed E-state index contributed by atoms with van der Waals surface area (Å²) in [6.45, 7) is 13.3. The summed E-state index contributed by atoms with van der Waals surface area (Å²) >= 11 is 0. The molecule has 0 bridgehead atoms. The Hall–Kier alpha value is -1.68. The van der Waals surface area contributed by atoms with Gasteiger partial charge < -0.3 is 5.32 Å². The van der Waals surface area contributed by atoms with Crippen molar-refractivity contribution in [1.82, 2.24) is 15.5 Å². The summed E-state index contributed by atoms with van der Waals surface area (Å²) in [4.78, 5) is 2.73. The Labute approximate surface area is 190 Å². The highest BCUT2D eigenvalue weighted by Gasteiger charge is 2.26. The van der Waals surface area contributed by atoms with E-state index in [4.69, 9.17) is 0 Å². The van der Waals surface area contributed by atoms with Crippen molar-refractivity contribution < 1.29 is 0 Å². The van der Waals surface area contributed by atoms with Gasteiger partial charge in [-0.25, -0.2) is 0 Å². The summed E-state index contributed by atoms with van der Waals surface area (Å²) in [7, 11) is 0. The maximum Gasteiger partial charge on any atom is 0.0458 e. The monoisotopic (exact) mass is 421 g/mol. The van der Waals surface area contributed by atoms with Crippen LogP contribution in [0.5, 0.6) is 0 Å². The second-order valence-electron chi connectivity index (χ2n) is 9.35. The van der Waals surface area contributed by atoms with Crippen molar-refractivity contribution in [3.05, 3.63) is 70.8 Å². The average Bonchev–Trinajstić information content (AvgIpc) is 2.79. The molecule has 0 radical (unpaired) electrons. The highest BCUT2D eigenvalue weighted by molar-refractivity contribution is 5.32. The van der Waals surface area contributed by atoms with E-state index in [1.54, 1.807) is 0 Å². The number of rotatable bonds is 11. The third-order valence-electron chi connectivity index (χ3n) is 7.13. The maximum absolute atomic E-state index is 3.64. The molecule has 2 N–H and O–H groups in total. The van der Waals surface area contributed by atoms with Gasteiger partial charge in [0.2, 0.25) is 0 Å². The second-order valence-corrected chi connectivity index (χ2v) is 9.35. The average molecular weight is 422 g/mol. The van der Waals surface area contributed by atoms with Gasteiger partial charge in [-0.1, -0.05) is 62.4 Å². The summed E-state index contributed by atoms with van der Waals surface area (Å²) in [5.41, 5.74) is 5.68. The molecule has 170 valence electrons. The summed E-state index contributed by atoms with van der Waals surface area (Å²) in [5, 5.41) is 7.27. The molecular formula is C28H43N3. The third kappa shape index (κ3) is 7.17. The summed E-state index contributed by atoms with van der Waals surface area (Å²) in [5.74, 6) is 0.806. The van der Waals surface area contributed by atoms with E-state index in [0.29, 0.717) is 6.04 Å². The van der Waals surface area contributed by atoms with E-state index in [9.17, 15) is 0 Å². The number of benzene rings is 2. The lowest BCUT2D eigenvalue weighted by molar-refractivity contribution is 0.0930. The highest BCUT2D eigenvalue weighted by Crippen LogP contribution is 2.27. The topological polar surface area (TPSA) is 27.3 Å². The molecule has 1 saturated heterocycles. The molecular weight excluding hydrogens is 378 g/mol. The van der Waals surface area contributed by atoms with E-state index in [1.807, 2.05) is 0 Å². The van der Waals surface area contributed by atoms with Crippen molar-refractivity contribution in [2.75, 3.05) is 19.8 Å². The van der Waals surface area contributed by atoms with E-state index in [-0.39, 0.29) is 0 Å². The Morgan fingerprint density at radius 3 is 2.58 bits per heavy atom. The number of nitrogens with zero attached hydrogens (tertiary/aromatic N) is 1. The quantitative estimate of drug-likeness (QED) is 0.353. The van der Waals surface area contributed by atoms with Gasteiger partial charge in [0.15, 0.2) is 0 Å². The predicted molar refractivity (Wildman–Crippen MR) is 133 cm³/mol. The van der Waals surface area contributed by atoms with Crippen LogP contribution < -0.4 is 10.6 Å². The van der Waals surface area contributed by atoms with Gasteiger partial charge in [0, 0.05) is 31.8 Å². The number of likely N-dealkylation sites (tertiary alicyclic amines) is 1. The fraction of sp³-hybridized carbons (Fsp3) is 0.571. The number of nitrogens with one attached hydrogen (secondary N) is 2. The lowest BCUT2D eigenvalue weighted by Gasteiger charge is -2.39. The van der Waals surface area contributed by atoms with Crippen LogP contribution in [-0.2, 0) is 13.0 Å². The lowest BCUT2D eigenvalue weighted by atomic mass is 9.89. The molecule has 0 spiro atoms. The van der Waals surface area contributed by atoms with Gasteiger partial charge in [0.05, 0.1) is 0 Å². The fourth-order valence-corrected chi connectivity index (χ4v) is 5.01. The van der Waals surface area contributed by atoms with Crippen molar-refractivity contribution in [2.45, 2.75) is 78.4 Å². The van der Waals surface area contributed by atoms with E-state index in [1.165, 1.54) is 54.5 Å². The number of hydrogen-bond acceptors (Lipinski definition) is 3. The first-order chi connectivity index (χ1) is 15.1. The van der Waals surface area contributed by atoms with Crippen LogP contribution in [0.1, 0.15) is 74.8 Å². The molecule has 1 aliphatic heterocycles. The zero-order chi connectivity index (χ0) is 22.1. The molecule has 1 aliphatic rings. The van der Waals surface area contributed by atoms with Crippen LogP contribution in [0.25, 0.3) is 0 Å². The van der Waals surface area contributed by atoms with Crippen molar-refractivity contribution in [2.24, 2.45) is 5.92 Å². The van der Waals surface area contributed by atoms with Gasteiger partial charge in [0.1, 0.15) is 0 Å².